The van der Waals surface area contributed by atoms with Gasteiger partial charge >= 0.3 is 0 Å². The number of amides is 1. The van der Waals surface area contributed by atoms with E-state index in [2.05, 4.69) is 18.4 Å². The molecule has 0 fully saturated rings. The van der Waals surface area contributed by atoms with E-state index in [9.17, 15) is 4.79 Å². The van der Waals surface area contributed by atoms with Crippen molar-refractivity contribution in [1.82, 2.24) is 4.98 Å². The van der Waals surface area contributed by atoms with E-state index in [-0.39, 0.29) is 5.91 Å². The van der Waals surface area contributed by atoms with Crippen molar-refractivity contribution in [2.24, 2.45) is 0 Å². The third kappa shape index (κ3) is 3.36. The van der Waals surface area contributed by atoms with Crippen LogP contribution in [0.2, 0.25) is 0 Å². The van der Waals surface area contributed by atoms with Gasteiger partial charge in [-0.1, -0.05) is 0 Å². The molecule has 6 nitrogen and oxygen atoms in total. The number of hydrogen-bond donors (Lipinski definition) is 3. The molecule has 3 heterocycles. The lowest BCUT2D eigenvalue weighted by Crippen LogP contribution is -3.08. The van der Waals surface area contributed by atoms with E-state index in [0.29, 0.717) is 10.6 Å². The summed E-state index contributed by atoms with van der Waals surface area (Å²) in [5.41, 5.74) is 11.1. The number of anilines is 3. The number of carbonyl (C=O) groups excluding carboxylic acids is 1. The first kappa shape index (κ1) is 17.8. The Kier molecular flexibility index (Phi) is 4.49. The number of nitrogens with zero attached hydrogens (tertiary/aromatic N) is 2. The minimum atomic E-state index is -0.186. The number of benzene rings is 1. The van der Waals surface area contributed by atoms with Gasteiger partial charge in [0.25, 0.3) is 5.91 Å². The first-order valence-electron chi connectivity index (χ1n) is 9.03. The van der Waals surface area contributed by atoms with Gasteiger partial charge in [-0.2, -0.15) is 0 Å². The summed E-state index contributed by atoms with van der Waals surface area (Å²) in [6, 6.07) is 9.85. The Morgan fingerprint density at radius 1 is 1.30 bits per heavy atom. The first-order chi connectivity index (χ1) is 12.9. The molecule has 1 aliphatic rings. The van der Waals surface area contributed by atoms with Crippen LogP contribution in [-0.4, -0.2) is 38.6 Å². The molecule has 1 aromatic carbocycles. The second-order valence-electron chi connectivity index (χ2n) is 7.32. The zero-order chi connectivity index (χ0) is 19.1. The van der Waals surface area contributed by atoms with Crippen LogP contribution in [0, 0.1) is 0 Å². The molecule has 4 N–H and O–H groups in total. The SMILES string of the molecule is CN(C)c1ccc(NC(=O)c2sc3nc4c(cc3c2N)C[NH+](C)CC4)cc1. The molecular formula is C20H24N5OS+. The number of nitrogens with two attached hydrogens (primary N) is 1. The highest BCUT2D eigenvalue weighted by Crippen LogP contribution is 2.34. The molecular weight excluding hydrogens is 358 g/mol. The summed E-state index contributed by atoms with van der Waals surface area (Å²) in [7, 11) is 6.15. The van der Waals surface area contributed by atoms with E-state index < -0.39 is 0 Å². The maximum atomic E-state index is 12.8. The van der Waals surface area contributed by atoms with Crippen LogP contribution < -0.4 is 20.9 Å². The normalized spacial score (nSPS) is 16.2. The fourth-order valence-corrected chi connectivity index (χ4v) is 4.42. The first-order valence-corrected chi connectivity index (χ1v) is 9.85. The summed E-state index contributed by atoms with van der Waals surface area (Å²) in [5.74, 6) is -0.186. The maximum absolute atomic E-state index is 12.8. The molecule has 140 valence electrons. The molecule has 0 bridgehead atoms. The molecule has 0 spiro atoms. The Hall–Kier alpha value is -2.64. The molecule has 0 aliphatic carbocycles. The number of fused-ring (bicyclic) bond motifs is 2. The summed E-state index contributed by atoms with van der Waals surface area (Å²) in [5, 5.41) is 3.83. The van der Waals surface area contributed by atoms with E-state index in [0.717, 1.165) is 46.8 Å². The number of quaternary nitrogens is 1. The third-order valence-electron chi connectivity index (χ3n) is 5.02. The maximum Gasteiger partial charge on any atom is 0.267 e. The van der Waals surface area contributed by atoms with Crippen molar-refractivity contribution in [2.45, 2.75) is 13.0 Å². The van der Waals surface area contributed by atoms with Gasteiger partial charge in [0.05, 0.1) is 25.0 Å². The quantitative estimate of drug-likeness (QED) is 0.645. The van der Waals surface area contributed by atoms with Crippen LogP contribution in [0.15, 0.2) is 30.3 Å². The van der Waals surface area contributed by atoms with Gasteiger partial charge in [0.15, 0.2) is 0 Å². The van der Waals surface area contributed by atoms with Crippen molar-refractivity contribution in [2.75, 3.05) is 43.6 Å². The third-order valence-corrected chi connectivity index (χ3v) is 6.13. The van der Waals surface area contributed by atoms with Crippen LogP contribution >= 0.6 is 11.3 Å². The van der Waals surface area contributed by atoms with Crippen LogP contribution in [0.4, 0.5) is 17.1 Å². The number of thiophene rings is 1. The summed E-state index contributed by atoms with van der Waals surface area (Å²) in [4.78, 5) is 22.4. The highest BCUT2D eigenvalue weighted by Gasteiger charge is 2.23. The van der Waals surface area contributed by atoms with Crippen molar-refractivity contribution in [3.8, 4) is 0 Å². The zero-order valence-electron chi connectivity index (χ0n) is 15.8. The Balaban J connectivity index is 1.63. The predicted octanol–water partition coefficient (Wildman–Crippen LogP) is 1.77. The van der Waals surface area contributed by atoms with E-state index >= 15 is 0 Å². The highest BCUT2D eigenvalue weighted by atomic mass is 32.1. The van der Waals surface area contributed by atoms with Gasteiger partial charge in [0, 0.05) is 42.8 Å². The second-order valence-corrected chi connectivity index (χ2v) is 8.32. The number of carbonyl (C=O) groups is 1. The number of hydrogen-bond acceptors (Lipinski definition) is 5. The Morgan fingerprint density at radius 3 is 2.74 bits per heavy atom. The van der Waals surface area contributed by atoms with Crippen LogP contribution in [0.5, 0.6) is 0 Å². The van der Waals surface area contributed by atoms with Gasteiger partial charge in [0.1, 0.15) is 16.3 Å². The summed E-state index contributed by atoms with van der Waals surface area (Å²) < 4.78 is 0. The second kappa shape index (κ2) is 6.83. The van der Waals surface area contributed by atoms with Crippen molar-refractivity contribution >= 4 is 44.5 Å². The number of nitrogens with one attached hydrogen (secondary N) is 2. The lowest BCUT2D eigenvalue weighted by atomic mass is 10.0. The molecule has 1 unspecified atom stereocenters. The van der Waals surface area contributed by atoms with Crippen LogP contribution in [0.25, 0.3) is 10.2 Å². The van der Waals surface area contributed by atoms with Crippen LogP contribution in [0.1, 0.15) is 20.9 Å². The average Bonchev–Trinajstić information content (AvgIpc) is 2.96. The van der Waals surface area contributed by atoms with Crippen molar-refractivity contribution in [1.29, 1.82) is 0 Å². The smallest absolute Gasteiger partial charge is 0.267 e. The lowest BCUT2D eigenvalue weighted by molar-refractivity contribution is -0.895. The highest BCUT2D eigenvalue weighted by molar-refractivity contribution is 7.21. The number of nitrogen functional groups attached to an aromatic ring is 1. The molecule has 0 saturated carbocycles. The molecule has 7 heteroatoms. The fraction of sp³-hybridized carbons (Fsp3) is 0.300. The van der Waals surface area contributed by atoms with Gasteiger partial charge < -0.3 is 20.9 Å². The minimum Gasteiger partial charge on any atom is -0.397 e. The standard InChI is InChI=1S/C20H23N5OS/c1-24(2)14-6-4-13(5-7-14)22-19(26)18-17(21)15-10-12-11-25(3)9-8-16(12)23-20(15)27-18/h4-7,10H,8-9,11,21H2,1-3H3,(H,22,26)/p+1. The van der Waals surface area contributed by atoms with Crippen molar-refractivity contribution < 1.29 is 9.69 Å². The molecule has 27 heavy (non-hydrogen) atoms. The Morgan fingerprint density at radius 2 is 2.04 bits per heavy atom. The van der Waals surface area contributed by atoms with E-state index in [1.807, 2.05) is 43.3 Å². The molecule has 0 radical (unpaired) electrons. The number of rotatable bonds is 3. The van der Waals surface area contributed by atoms with E-state index in [1.165, 1.54) is 21.8 Å². The monoisotopic (exact) mass is 382 g/mol. The van der Waals surface area contributed by atoms with Crippen LogP contribution in [-0.2, 0) is 13.0 Å². The predicted molar refractivity (Wildman–Crippen MR) is 112 cm³/mol. The fourth-order valence-electron chi connectivity index (χ4n) is 3.43. The molecule has 1 atom stereocenters. The van der Waals surface area contributed by atoms with Gasteiger partial charge in [0.2, 0.25) is 0 Å². The van der Waals surface area contributed by atoms with Crippen molar-refractivity contribution in [3.05, 3.63) is 46.5 Å². The Bertz CT molecular complexity index is 1010. The summed E-state index contributed by atoms with van der Waals surface area (Å²) >= 11 is 1.37. The van der Waals surface area contributed by atoms with Gasteiger partial charge in [-0.15, -0.1) is 11.3 Å². The molecule has 1 aliphatic heterocycles. The summed E-state index contributed by atoms with van der Waals surface area (Å²) in [6.45, 7) is 2.04. The van der Waals surface area contributed by atoms with Gasteiger partial charge in [-0.25, -0.2) is 4.98 Å². The zero-order valence-corrected chi connectivity index (χ0v) is 16.6. The lowest BCUT2D eigenvalue weighted by Gasteiger charge is -2.21. The van der Waals surface area contributed by atoms with Gasteiger partial charge in [-0.3, -0.25) is 4.79 Å². The Labute approximate surface area is 162 Å². The van der Waals surface area contributed by atoms with Crippen LogP contribution in [0.3, 0.4) is 0 Å². The number of aromatic nitrogens is 1. The largest absolute Gasteiger partial charge is 0.397 e. The molecule has 0 saturated heterocycles. The molecule has 4 rings (SSSR count). The van der Waals surface area contributed by atoms with Crippen molar-refractivity contribution in [3.63, 3.8) is 0 Å². The molecule has 2 aromatic heterocycles. The average molecular weight is 383 g/mol. The van der Waals surface area contributed by atoms with Gasteiger partial charge in [-0.05, 0) is 30.3 Å². The number of likely N-dealkylation sites (N-methyl/N-ethyl adjacent to an activating group) is 1. The summed E-state index contributed by atoms with van der Waals surface area (Å²) in [6.07, 6.45) is 0.967. The van der Waals surface area contributed by atoms with E-state index in [4.69, 9.17) is 10.7 Å². The minimum absolute atomic E-state index is 0.186. The topological polar surface area (TPSA) is 75.7 Å². The number of pyridine rings is 1. The molecule has 3 aromatic rings. The molecule has 1 amide bonds. The van der Waals surface area contributed by atoms with E-state index in [1.54, 1.807) is 0 Å².